The molecule has 2 aromatic rings. The molecule has 0 atom stereocenters. The second-order valence-electron chi connectivity index (χ2n) is 4.91. The normalized spacial score (nSPS) is 14.5. The Bertz CT molecular complexity index is 858. The number of fused-ring (bicyclic) bond motifs is 1. The van der Waals surface area contributed by atoms with Gasteiger partial charge >= 0.3 is 5.69 Å². The monoisotopic (exact) mass is 312 g/mol. The molecule has 3 rings (SSSR count). The van der Waals surface area contributed by atoms with Crippen LogP contribution in [0.3, 0.4) is 0 Å². The van der Waals surface area contributed by atoms with E-state index in [9.17, 15) is 20.0 Å². The molecule has 2 N–H and O–H groups in total. The van der Waals surface area contributed by atoms with E-state index in [1.54, 1.807) is 24.3 Å². The Balaban J connectivity index is 2.15. The quantitative estimate of drug-likeness (QED) is 0.515. The van der Waals surface area contributed by atoms with Crippen LogP contribution in [0.4, 0.5) is 11.4 Å². The van der Waals surface area contributed by atoms with Crippen LogP contribution in [0.1, 0.15) is 11.1 Å². The second-order valence-corrected chi connectivity index (χ2v) is 4.91. The molecule has 0 spiro atoms. The number of rotatable bonds is 3. The molecule has 1 heterocycles. The first kappa shape index (κ1) is 14.6. The fraction of sp³-hybridized carbons (Fsp3) is 0.0625. The minimum Gasteiger partial charge on any atom is -0.500 e. The van der Waals surface area contributed by atoms with Gasteiger partial charge < -0.3 is 15.2 Å². The molecule has 0 radical (unpaired) electrons. The van der Waals surface area contributed by atoms with Gasteiger partial charge in [-0.05, 0) is 23.8 Å². The minimum absolute atomic E-state index is 0.0299. The molecule has 116 valence electrons. The third-order valence-corrected chi connectivity index (χ3v) is 3.51. The van der Waals surface area contributed by atoms with Crippen LogP contribution in [0.15, 0.2) is 36.4 Å². The number of aromatic hydroxyl groups is 1. The topological polar surface area (TPSA) is 102 Å². The molecule has 0 aliphatic carbocycles. The zero-order chi connectivity index (χ0) is 16.6. The van der Waals surface area contributed by atoms with E-state index in [2.05, 4.69) is 5.32 Å². The van der Waals surface area contributed by atoms with Crippen LogP contribution in [0.2, 0.25) is 0 Å². The number of para-hydroxylation sites is 1. The Morgan fingerprint density at radius 1 is 1.30 bits per heavy atom. The van der Waals surface area contributed by atoms with Gasteiger partial charge in [0.05, 0.1) is 12.0 Å². The van der Waals surface area contributed by atoms with Gasteiger partial charge in [-0.25, -0.2) is 0 Å². The Morgan fingerprint density at radius 3 is 2.74 bits per heavy atom. The van der Waals surface area contributed by atoms with Gasteiger partial charge in [0.2, 0.25) is 5.75 Å². The number of nitro groups is 1. The number of hydrogen-bond donors (Lipinski definition) is 2. The van der Waals surface area contributed by atoms with Gasteiger partial charge in [0.15, 0.2) is 5.75 Å². The Morgan fingerprint density at radius 2 is 2.04 bits per heavy atom. The maximum Gasteiger partial charge on any atom is 0.315 e. The molecular weight excluding hydrogens is 300 g/mol. The van der Waals surface area contributed by atoms with Crippen LogP contribution < -0.4 is 10.1 Å². The van der Waals surface area contributed by atoms with Crippen molar-refractivity contribution < 1.29 is 19.6 Å². The molecule has 2 aromatic carbocycles. The largest absolute Gasteiger partial charge is 0.500 e. The average molecular weight is 312 g/mol. The highest BCUT2D eigenvalue weighted by molar-refractivity contribution is 6.34. The lowest BCUT2D eigenvalue weighted by Gasteiger charge is -2.06. The summed E-state index contributed by atoms with van der Waals surface area (Å²) in [5.74, 6) is -0.866. The molecule has 0 unspecified atom stereocenters. The van der Waals surface area contributed by atoms with Crippen LogP contribution >= 0.6 is 0 Å². The number of carbonyl (C=O) groups excluding carboxylic acids is 1. The lowest BCUT2D eigenvalue weighted by Crippen LogP contribution is -2.03. The van der Waals surface area contributed by atoms with E-state index in [0.29, 0.717) is 22.4 Å². The minimum atomic E-state index is -0.706. The molecule has 1 amide bonds. The molecule has 1 aliphatic heterocycles. The van der Waals surface area contributed by atoms with Crippen LogP contribution in [-0.4, -0.2) is 23.0 Å². The molecular formula is C16H12N2O5. The lowest BCUT2D eigenvalue weighted by molar-refractivity contribution is -0.386. The predicted molar refractivity (Wildman–Crippen MR) is 84.3 cm³/mol. The summed E-state index contributed by atoms with van der Waals surface area (Å²) in [6.45, 7) is 0. The van der Waals surface area contributed by atoms with E-state index in [1.807, 2.05) is 0 Å². The predicted octanol–water partition coefficient (Wildman–Crippen LogP) is 2.80. The Kier molecular flexibility index (Phi) is 3.46. The van der Waals surface area contributed by atoms with E-state index >= 15 is 0 Å². The number of phenolic OH excluding ortho intramolecular Hbond substituents is 1. The maximum absolute atomic E-state index is 12.1. The SMILES string of the molecule is COc1cc(/C=C2\C(=O)Nc3ccccc32)cc([N+](=O)[O-])c1O. The Hall–Kier alpha value is -3.35. The van der Waals surface area contributed by atoms with Crippen molar-refractivity contribution in [3.05, 3.63) is 57.6 Å². The lowest BCUT2D eigenvalue weighted by atomic mass is 10.0. The number of nitrogens with one attached hydrogen (secondary N) is 1. The smallest absolute Gasteiger partial charge is 0.315 e. The highest BCUT2D eigenvalue weighted by Crippen LogP contribution is 2.39. The van der Waals surface area contributed by atoms with Crippen molar-refractivity contribution in [1.29, 1.82) is 0 Å². The third kappa shape index (κ3) is 2.48. The van der Waals surface area contributed by atoms with Crippen LogP contribution in [0.25, 0.3) is 11.6 Å². The number of methoxy groups -OCH3 is 1. The van der Waals surface area contributed by atoms with Crippen molar-refractivity contribution in [3.63, 3.8) is 0 Å². The van der Waals surface area contributed by atoms with E-state index in [4.69, 9.17) is 4.74 Å². The number of benzene rings is 2. The number of anilines is 1. The van der Waals surface area contributed by atoms with Gasteiger partial charge in [-0.1, -0.05) is 18.2 Å². The summed E-state index contributed by atoms with van der Waals surface area (Å²) in [5, 5.41) is 23.5. The summed E-state index contributed by atoms with van der Waals surface area (Å²) in [6.07, 6.45) is 1.52. The summed E-state index contributed by atoms with van der Waals surface area (Å²) < 4.78 is 4.95. The summed E-state index contributed by atoms with van der Waals surface area (Å²) in [7, 11) is 1.30. The first-order valence-electron chi connectivity index (χ1n) is 6.69. The molecule has 0 saturated heterocycles. The van der Waals surface area contributed by atoms with E-state index in [0.717, 1.165) is 0 Å². The second kappa shape index (κ2) is 5.45. The van der Waals surface area contributed by atoms with Crippen molar-refractivity contribution in [3.8, 4) is 11.5 Å². The van der Waals surface area contributed by atoms with Crippen molar-refractivity contribution in [2.45, 2.75) is 0 Å². The van der Waals surface area contributed by atoms with Gasteiger partial charge in [-0.3, -0.25) is 14.9 Å². The van der Waals surface area contributed by atoms with Crippen molar-refractivity contribution in [2.24, 2.45) is 0 Å². The number of amides is 1. The number of hydrogen-bond acceptors (Lipinski definition) is 5. The third-order valence-electron chi connectivity index (χ3n) is 3.51. The zero-order valence-electron chi connectivity index (χ0n) is 12.1. The van der Waals surface area contributed by atoms with Crippen LogP contribution in [0.5, 0.6) is 11.5 Å². The van der Waals surface area contributed by atoms with Gasteiger partial charge in [-0.2, -0.15) is 0 Å². The van der Waals surface area contributed by atoms with Crippen LogP contribution in [-0.2, 0) is 4.79 Å². The number of ether oxygens (including phenoxy) is 1. The molecule has 7 heteroatoms. The number of phenols is 1. The zero-order valence-corrected chi connectivity index (χ0v) is 12.1. The number of carbonyl (C=O) groups is 1. The van der Waals surface area contributed by atoms with Gasteiger partial charge in [-0.15, -0.1) is 0 Å². The average Bonchev–Trinajstić information content (AvgIpc) is 2.84. The molecule has 0 aromatic heterocycles. The van der Waals surface area contributed by atoms with E-state index < -0.39 is 16.4 Å². The molecule has 7 nitrogen and oxygen atoms in total. The van der Waals surface area contributed by atoms with Crippen molar-refractivity contribution >= 4 is 28.9 Å². The van der Waals surface area contributed by atoms with Gasteiger partial charge in [0, 0.05) is 22.9 Å². The highest BCUT2D eigenvalue weighted by atomic mass is 16.6. The van der Waals surface area contributed by atoms with Gasteiger partial charge in [0.25, 0.3) is 5.91 Å². The van der Waals surface area contributed by atoms with Crippen molar-refractivity contribution in [2.75, 3.05) is 12.4 Å². The molecule has 1 aliphatic rings. The summed E-state index contributed by atoms with van der Waals surface area (Å²) in [5.41, 5.74) is 1.69. The fourth-order valence-electron chi connectivity index (χ4n) is 2.44. The Labute approximate surface area is 131 Å². The first-order chi connectivity index (χ1) is 11.0. The molecule has 0 bridgehead atoms. The van der Waals surface area contributed by atoms with Crippen molar-refractivity contribution in [1.82, 2.24) is 0 Å². The van der Waals surface area contributed by atoms with Gasteiger partial charge in [0.1, 0.15) is 0 Å². The first-order valence-corrected chi connectivity index (χ1v) is 6.69. The summed E-state index contributed by atoms with van der Waals surface area (Å²) in [6, 6.07) is 9.78. The standard InChI is InChI=1S/C16H12N2O5/c1-23-14-8-9(7-13(15(14)19)18(21)22)6-11-10-4-2-3-5-12(10)17-16(11)20/h2-8,19H,1H3,(H,17,20)/b11-6-. The molecule has 0 fully saturated rings. The molecule has 0 saturated carbocycles. The number of nitro benzene ring substituents is 1. The number of nitrogens with zero attached hydrogens (tertiary/aromatic N) is 1. The van der Waals surface area contributed by atoms with E-state index in [-0.39, 0.29) is 11.7 Å². The maximum atomic E-state index is 12.1. The summed E-state index contributed by atoms with van der Waals surface area (Å²) >= 11 is 0. The highest BCUT2D eigenvalue weighted by Gasteiger charge is 2.25. The van der Waals surface area contributed by atoms with Crippen LogP contribution in [0, 0.1) is 10.1 Å². The van der Waals surface area contributed by atoms with E-state index in [1.165, 1.54) is 25.3 Å². The summed E-state index contributed by atoms with van der Waals surface area (Å²) in [4.78, 5) is 22.4. The molecule has 23 heavy (non-hydrogen) atoms. The fourth-order valence-corrected chi connectivity index (χ4v) is 2.44.